The summed E-state index contributed by atoms with van der Waals surface area (Å²) in [4.78, 5) is 14.4. The molecule has 1 aliphatic rings. The van der Waals surface area contributed by atoms with Crippen LogP contribution in [0, 0.1) is 6.92 Å². The maximum Gasteiger partial charge on any atom is 0.224 e. The number of carbonyl (C=O) groups is 1. The molecular weight excluding hydrogens is 296 g/mol. The third kappa shape index (κ3) is 5.11. The highest BCUT2D eigenvalue weighted by atomic mass is 16.5. The van der Waals surface area contributed by atoms with E-state index in [-0.39, 0.29) is 5.91 Å². The van der Waals surface area contributed by atoms with Crippen LogP contribution in [0.15, 0.2) is 12.1 Å². The lowest BCUT2D eigenvalue weighted by atomic mass is 10.0. The van der Waals surface area contributed by atoms with Gasteiger partial charge in [-0.25, -0.2) is 0 Å². The molecule has 0 atom stereocenters. The number of amides is 1. The summed E-state index contributed by atoms with van der Waals surface area (Å²) < 4.78 is 15.9. The number of carbonyl (C=O) groups excluding carboxylic acids is 1. The molecule has 1 aromatic rings. The number of aryl methyl sites for hydroxylation is 1. The number of nitrogens with one attached hydrogen (secondary N) is 1. The van der Waals surface area contributed by atoms with E-state index < -0.39 is 0 Å². The summed E-state index contributed by atoms with van der Waals surface area (Å²) in [6.07, 6.45) is 0.343. The molecule has 0 radical (unpaired) electrons. The predicted octanol–water partition coefficient (Wildman–Crippen LogP) is 1.00. The van der Waals surface area contributed by atoms with E-state index in [4.69, 9.17) is 14.2 Å². The Kier molecular flexibility index (Phi) is 6.67. The van der Waals surface area contributed by atoms with Crippen molar-refractivity contribution in [1.29, 1.82) is 0 Å². The quantitative estimate of drug-likeness (QED) is 0.812. The molecule has 1 fully saturated rings. The van der Waals surface area contributed by atoms with Crippen molar-refractivity contribution in [2.24, 2.45) is 0 Å². The third-order valence-electron chi connectivity index (χ3n) is 4.05. The minimum atomic E-state index is 0.0218. The highest BCUT2D eigenvalue weighted by molar-refractivity contribution is 5.79. The van der Waals surface area contributed by atoms with E-state index >= 15 is 0 Å². The average molecular weight is 322 g/mol. The normalized spacial score (nSPS) is 15.3. The summed E-state index contributed by atoms with van der Waals surface area (Å²) in [6.45, 7) is 6.91. The van der Waals surface area contributed by atoms with Crippen molar-refractivity contribution in [3.63, 3.8) is 0 Å². The smallest absolute Gasteiger partial charge is 0.224 e. The zero-order chi connectivity index (χ0) is 16.7. The molecule has 0 bridgehead atoms. The van der Waals surface area contributed by atoms with Crippen LogP contribution in [0.4, 0.5) is 0 Å². The Morgan fingerprint density at radius 2 is 1.87 bits per heavy atom. The number of hydrogen-bond acceptors (Lipinski definition) is 5. The van der Waals surface area contributed by atoms with Gasteiger partial charge >= 0.3 is 0 Å². The van der Waals surface area contributed by atoms with Gasteiger partial charge in [0, 0.05) is 26.2 Å². The van der Waals surface area contributed by atoms with Crippen LogP contribution in [0.5, 0.6) is 11.5 Å². The van der Waals surface area contributed by atoms with Crippen molar-refractivity contribution in [1.82, 2.24) is 10.2 Å². The first-order valence-electron chi connectivity index (χ1n) is 7.92. The van der Waals surface area contributed by atoms with Crippen molar-refractivity contribution in [3.8, 4) is 11.5 Å². The molecule has 128 valence electrons. The van der Waals surface area contributed by atoms with Crippen molar-refractivity contribution in [2.75, 3.05) is 53.6 Å². The predicted molar refractivity (Wildman–Crippen MR) is 88.3 cm³/mol. The van der Waals surface area contributed by atoms with Gasteiger partial charge < -0.3 is 19.5 Å². The van der Waals surface area contributed by atoms with Gasteiger partial charge in [-0.2, -0.15) is 0 Å². The molecule has 2 rings (SSSR count). The topological polar surface area (TPSA) is 60.0 Å². The summed E-state index contributed by atoms with van der Waals surface area (Å²) in [5.74, 6) is 1.35. The molecule has 1 N–H and O–H groups in total. The van der Waals surface area contributed by atoms with E-state index in [2.05, 4.69) is 10.2 Å². The lowest BCUT2D eigenvalue weighted by molar-refractivity contribution is -0.120. The minimum absolute atomic E-state index is 0.0218. The minimum Gasteiger partial charge on any atom is -0.493 e. The molecule has 1 aliphatic heterocycles. The fourth-order valence-electron chi connectivity index (χ4n) is 2.63. The van der Waals surface area contributed by atoms with Gasteiger partial charge in [-0.05, 0) is 30.2 Å². The molecule has 6 nitrogen and oxygen atoms in total. The second-order valence-electron chi connectivity index (χ2n) is 5.61. The first-order chi connectivity index (χ1) is 11.1. The Morgan fingerprint density at radius 3 is 2.52 bits per heavy atom. The Bertz CT molecular complexity index is 528. The molecule has 0 unspecified atom stereocenters. The summed E-state index contributed by atoms with van der Waals surface area (Å²) in [6, 6.07) is 3.77. The average Bonchev–Trinajstić information content (AvgIpc) is 2.57. The number of rotatable bonds is 7. The van der Waals surface area contributed by atoms with Gasteiger partial charge in [-0.3, -0.25) is 9.69 Å². The molecule has 1 aromatic carbocycles. The van der Waals surface area contributed by atoms with Gasteiger partial charge in [0.2, 0.25) is 5.91 Å². The Morgan fingerprint density at radius 1 is 1.22 bits per heavy atom. The highest BCUT2D eigenvalue weighted by Gasteiger charge is 2.13. The zero-order valence-corrected chi connectivity index (χ0v) is 14.2. The Balaban J connectivity index is 1.84. The Labute approximate surface area is 137 Å². The first kappa shape index (κ1) is 17.6. The van der Waals surface area contributed by atoms with E-state index in [1.165, 1.54) is 0 Å². The van der Waals surface area contributed by atoms with Crippen molar-refractivity contribution in [2.45, 2.75) is 13.3 Å². The van der Waals surface area contributed by atoms with Crippen LogP contribution >= 0.6 is 0 Å². The van der Waals surface area contributed by atoms with E-state index in [0.29, 0.717) is 24.5 Å². The van der Waals surface area contributed by atoms with E-state index in [1.807, 2.05) is 19.1 Å². The van der Waals surface area contributed by atoms with Crippen molar-refractivity contribution >= 4 is 5.91 Å². The molecule has 23 heavy (non-hydrogen) atoms. The van der Waals surface area contributed by atoms with Crippen LogP contribution in [-0.2, 0) is 16.0 Å². The van der Waals surface area contributed by atoms with Crippen LogP contribution in [0.1, 0.15) is 11.1 Å². The van der Waals surface area contributed by atoms with Gasteiger partial charge in [0.25, 0.3) is 0 Å². The largest absolute Gasteiger partial charge is 0.493 e. The monoisotopic (exact) mass is 322 g/mol. The van der Waals surface area contributed by atoms with E-state index in [0.717, 1.165) is 44.0 Å². The molecule has 1 saturated heterocycles. The summed E-state index contributed by atoms with van der Waals surface area (Å²) >= 11 is 0. The maximum atomic E-state index is 12.1. The van der Waals surface area contributed by atoms with Crippen LogP contribution in [0.25, 0.3) is 0 Å². The number of hydrogen-bond donors (Lipinski definition) is 1. The highest BCUT2D eigenvalue weighted by Crippen LogP contribution is 2.30. The summed E-state index contributed by atoms with van der Waals surface area (Å²) in [5, 5.41) is 2.98. The van der Waals surface area contributed by atoms with Crippen LogP contribution in [-0.4, -0.2) is 64.4 Å². The maximum absolute atomic E-state index is 12.1. The van der Waals surface area contributed by atoms with Crippen LogP contribution in [0.2, 0.25) is 0 Å². The van der Waals surface area contributed by atoms with Gasteiger partial charge in [0.15, 0.2) is 11.5 Å². The van der Waals surface area contributed by atoms with Gasteiger partial charge in [-0.1, -0.05) is 0 Å². The first-order valence-corrected chi connectivity index (χ1v) is 7.92. The van der Waals surface area contributed by atoms with E-state index in [9.17, 15) is 4.79 Å². The zero-order valence-electron chi connectivity index (χ0n) is 14.2. The van der Waals surface area contributed by atoms with E-state index in [1.54, 1.807) is 14.2 Å². The third-order valence-corrected chi connectivity index (χ3v) is 4.05. The number of methoxy groups -OCH3 is 2. The van der Waals surface area contributed by atoms with Gasteiger partial charge in [0.1, 0.15) is 0 Å². The van der Waals surface area contributed by atoms with Crippen LogP contribution < -0.4 is 14.8 Å². The fraction of sp³-hybridized carbons (Fsp3) is 0.588. The fourth-order valence-corrected chi connectivity index (χ4v) is 2.63. The molecule has 1 heterocycles. The van der Waals surface area contributed by atoms with Crippen molar-refractivity contribution in [3.05, 3.63) is 23.3 Å². The molecule has 0 spiro atoms. The number of benzene rings is 1. The van der Waals surface area contributed by atoms with Crippen LogP contribution in [0.3, 0.4) is 0 Å². The molecule has 0 aromatic heterocycles. The van der Waals surface area contributed by atoms with Crippen molar-refractivity contribution < 1.29 is 19.0 Å². The number of morpholine rings is 1. The number of ether oxygens (including phenoxy) is 3. The molecule has 1 amide bonds. The molecule has 6 heteroatoms. The summed E-state index contributed by atoms with van der Waals surface area (Å²) in [7, 11) is 3.20. The SMILES string of the molecule is COc1cc(C)c(CC(=O)NCCN2CCOCC2)cc1OC. The molecule has 0 saturated carbocycles. The lowest BCUT2D eigenvalue weighted by Crippen LogP contribution is -2.41. The van der Waals surface area contributed by atoms with Gasteiger partial charge in [0.05, 0.1) is 33.9 Å². The lowest BCUT2D eigenvalue weighted by Gasteiger charge is -2.26. The molecule has 0 aliphatic carbocycles. The standard InChI is InChI=1S/C17H26N2O4/c1-13-10-15(21-2)16(22-3)11-14(13)12-17(20)18-4-5-19-6-8-23-9-7-19/h10-11H,4-9,12H2,1-3H3,(H,18,20). The Hall–Kier alpha value is -1.79. The second-order valence-corrected chi connectivity index (χ2v) is 5.61. The second kappa shape index (κ2) is 8.74. The number of nitrogens with zero attached hydrogens (tertiary/aromatic N) is 1. The van der Waals surface area contributed by atoms with Gasteiger partial charge in [-0.15, -0.1) is 0 Å². The molecular formula is C17H26N2O4. The summed E-state index contributed by atoms with van der Waals surface area (Å²) in [5.41, 5.74) is 1.97.